The number of hydrogen-bond donors (Lipinski definition) is 1. The van der Waals surface area contributed by atoms with Gasteiger partial charge in [-0.05, 0) is 61.2 Å². The number of piperidine rings is 1. The van der Waals surface area contributed by atoms with E-state index in [9.17, 15) is 18.0 Å². The predicted molar refractivity (Wildman–Crippen MR) is 129 cm³/mol. The lowest BCUT2D eigenvalue weighted by Crippen LogP contribution is -2.39. The molecule has 1 aliphatic rings. The number of nitrogens with one attached hydrogen (secondary N) is 1. The van der Waals surface area contributed by atoms with Crippen LogP contribution in [0.5, 0.6) is 0 Å². The molecule has 1 aliphatic heterocycles. The number of carbonyl (C=O) groups is 2. The fourth-order valence-corrected chi connectivity index (χ4v) is 6.61. The Morgan fingerprint density at radius 3 is 2.55 bits per heavy atom. The summed E-state index contributed by atoms with van der Waals surface area (Å²) in [7, 11) is -1.76. The molecule has 8 nitrogen and oxygen atoms in total. The Hall–Kier alpha value is -2.82. The van der Waals surface area contributed by atoms with Crippen LogP contribution >= 0.6 is 11.3 Å². The molecular formula is C23H26N4O4S2. The Bertz CT molecular complexity index is 1390. The van der Waals surface area contributed by atoms with Crippen molar-refractivity contribution in [2.45, 2.75) is 31.6 Å². The number of nitrogens with zero attached hydrogens (tertiary/aromatic N) is 3. The van der Waals surface area contributed by atoms with Gasteiger partial charge >= 0.3 is 0 Å². The lowest BCUT2D eigenvalue weighted by molar-refractivity contribution is -0.114. The van der Waals surface area contributed by atoms with Crippen LogP contribution in [0.2, 0.25) is 0 Å². The van der Waals surface area contributed by atoms with Gasteiger partial charge in [-0.15, -0.1) is 0 Å². The fourth-order valence-electron chi connectivity index (χ4n) is 3.96. The van der Waals surface area contributed by atoms with E-state index in [0.29, 0.717) is 35.1 Å². The molecule has 4 rings (SSSR count). The van der Waals surface area contributed by atoms with E-state index in [1.54, 1.807) is 6.07 Å². The van der Waals surface area contributed by atoms with Gasteiger partial charge in [-0.2, -0.15) is 9.30 Å². The van der Waals surface area contributed by atoms with Crippen molar-refractivity contribution in [1.29, 1.82) is 0 Å². The summed E-state index contributed by atoms with van der Waals surface area (Å²) in [4.78, 5) is 29.0. The summed E-state index contributed by atoms with van der Waals surface area (Å²) in [5, 5.41) is 2.74. The van der Waals surface area contributed by atoms with Gasteiger partial charge < -0.3 is 9.88 Å². The monoisotopic (exact) mass is 486 g/mol. The summed E-state index contributed by atoms with van der Waals surface area (Å²) in [6.45, 7) is 4.54. The molecule has 1 aromatic heterocycles. The second kappa shape index (κ2) is 9.20. The molecule has 2 amide bonds. The standard InChI is InChI=1S/C23H26N4O4S2/c1-15-5-4-12-27(14-15)33(30,31)19-9-6-17(7-10-19)22(29)25-23-26(3)20-11-8-18(24-16(2)28)13-21(20)32-23/h6-11,13,15H,4-5,12,14H2,1-3H3,(H,24,28). The van der Waals surface area contributed by atoms with Gasteiger partial charge in [0.25, 0.3) is 5.91 Å². The van der Waals surface area contributed by atoms with Crippen LogP contribution in [-0.4, -0.2) is 42.2 Å². The summed E-state index contributed by atoms with van der Waals surface area (Å²) in [5.74, 6) is -0.269. The summed E-state index contributed by atoms with van der Waals surface area (Å²) in [6, 6.07) is 11.5. The number of fused-ring (bicyclic) bond motifs is 1. The first-order valence-electron chi connectivity index (χ1n) is 10.7. The number of carbonyl (C=O) groups excluding carboxylic acids is 2. The molecular weight excluding hydrogens is 460 g/mol. The average molecular weight is 487 g/mol. The van der Waals surface area contributed by atoms with E-state index in [2.05, 4.69) is 17.2 Å². The number of benzene rings is 2. The maximum atomic E-state index is 12.9. The minimum absolute atomic E-state index is 0.157. The van der Waals surface area contributed by atoms with Crippen LogP contribution in [0.3, 0.4) is 0 Å². The van der Waals surface area contributed by atoms with Crippen molar-refractivity contribution in [2.24, 2.45) is 18.0 Å². The van der Waals surface area contributed by atoms with Crippen LogP contribution in [0.1, 0.15) is 37.0 Å². The van der Waals surface area contributed by atoms with Crippen LogP contribution in [0.15, 0.2) is 52.4 Å². The highest BCUT2D eigenvalue weighted by Gasteiger charge is 2.28. The molecule has 3 aromatic rings. The summed E-state index contributed by atoms with van der Waals surface area (Å²) >= 11 is 1.34. The number of rotatable bonds is 4. The van der Waals surface area contributed by atoms with E-state index >= 15 is 0 Å². The highest BCUT2D eigenvalue weighted by atomic mass is 32.2. The lowest BCUT2D eigenvalue weighted by atomic mass is 10.0. The SMILES string of the molecule is CC(=O)Nc1ccc2c(c1)sc(=NC(=O)c1ccc(S(=O)(=O)N3CCCC(C)C3)cc1)n2C. The Kier molecular flexibility index (Phi) is 6.51. The maximum Gasteiger partial charge on any atom is 0.279 e. The van der Waals surface area contributed by atoms with Crippen LogP contribution in [0, 0.1) is 5.92 Å². The third-order valence-electron chi connectivity index (χ3n) is 5.69. The zero-order chi connectivity index (χ0) is 23.8. The van der Waals surface area contributed by atoms with Crippen molar-refractivity contribution in [2.75, 3.05) is 18.4 Å². The van der Waals surface area contributed by atoms with E-state index in [1.165, 1.54) is 46.8 Å². The van der Waals surface area contributed by atoms with Crippen molar-refractivity contribution in [3.8, 4) is 0 Å². The van der Waals surface area contributed by atoms with Gasteiger partial charge in [-0.25, -0.2) is 8.42 Å². The predicted octanol–water partition coefficient (Wildman–Crippen LogP) is 3.36. The van der Waals surface area contributed by atoms with Gasteiger partial charge in [0.15, 0.2) is 4.80 Å². The topological polar surface area (TPSA) is 101 Å². The molecule has 0 aliphatic carbocycles. The van der Waals surface area contributed by atoms with E-state index in [4.69, 9.17) is 0 Å². The molecule has 0 saturated carbocycles. The molecule has 0 spiro atoms. The molecule has 1 saturated heterocycles. The normalized spacial score (nSPS) is 17.9. The number of amides is 2. The third-order valence-corrected chi connectivity index (χ3v) is 8.66. The summed E-state index contributed by atoms with van der Waals surface area (Å²) < 4.78 is 30.1. The van der Waals surface area contributed by atoms with Gasteiger partial charge in [0, 0.05) is 38.3 Å². The average Bonchev–Trinajstić information content (AvgIpc) is 3.08. The molecule has 33 heavy (non-hydrogen) atoms. The molecule has 2 aromatic carbocycles. The van der Waals surface area contributed by atoms with Crippen molar-refractivity contribution in [3.63, 3.8) is 0 Å². The van der Waals surface area contributed by atoms with E-state index in [0.717, 1.165) is 23.1 Å². The Labute approximate surface area is 196 Å². The number of aryl methyl sites for hydroxylation is 1. The molecule has 1 N–H and O–H groups in total. The maximum absolute atomic E-state index is 12.9. The quantitative estimate of drug-likeness (QED) is 0.611. The number of thiazole rings is 1. The van der Waals surface area contributed by atoms with E-state index in [1.807, 2.05) is 23.7 Å². The zero-order valence-electron chi connectivity index (χ0n) is 18.7. The molecule has 1 unspecified atom stereocenters. The second-order valence-electron chi connectivity index (χ2n) is 8.36. The Morgan fingerprint density at radius 1 is 1.15 bits per heavy atom. The van der Waals surface area contributed by atoms with E-state index in [-0.39, 0.29) is 10.8 Å². The van der Waals surface area contributed by atoms with Crippen molar-refractivity contribution >= 4 is 49.1 Å². The van der Waals surface area contributed by atoms with Gasteiger partial charge in [0.05, 0.1) is 15.1 Å². The number of anilines is 1. The first kappa shape index (κ1) is 23.3. The first-order chi connectivity index (χ1) is 15.6. The highest BCUT2D eigenvalue weighted by Crippen LogP contribution is 2.24. The number of sulfonamides is 1. The molecule has 2 heterocycles. The summed E-state index contributed by atoms with van der Waals surface area (Å²) in [5.41, 5.74) is 1.88. The van der Waals surface area contributed by atoms with Gasteiger partial charge in [0.2, 0.25) is 15.9 Å². The highest BCUT2D eigenvalue weighted by molar-refractivity contribution is 7.89. The van der Waals surface area contributed by atoms with Crippen LogP contribution in [0.4, 0.5) is 5.69 Å². The molecule has 1 atom stereocenters. The number of aromatic nitrogens is 1. The fraction of sp³-hybridized carbons (Fsp3) is 0.348. The first-order valence-corrected chi connectivity index (χ1v) is 13.0. The molecule has 0 radical (unpaired) electrons. The van der Waals surface area contributed by atoms with E-state index < -0.39 is 15.9 Å². The van der Waals surface area contributed by atoms with Gasteiger partial charge in [-0.1, -0.05) is 18.3 Å². The van der Waals surface area contributed by atoms with Crippen molar-refractivity contribution < 1.29 is 18.0 Å². The Balaban J connectivity index is 1.59. The van der Waals surface area contributed by atoms with Crippen molar-refractivity contribution in [3.05, 3.63) is 52.8 Å². The van der Waals surface area contributed by atoms with Crippen LogP contribution in [-0.2, 0) is 21.9 Å². The Morgan fingerprint density at radius 2 is 1.88 bits per heavy atom. The number of hydrogen-bond acceptors (Lipinski definition) is 5. The largest absolute Gasteiger partial charge is 0.326 e. The molecule has 0 bridgehead atoms. The minimum Gasteiger partial charge on any atom is -0.326 e. The summed E-state index contributed by atoms with van der Waals surface area (Å²) in [6.07, 6.45) is 1.89. The molecule has 10 heteroatoms. The third kappa shape index (κ3) is 4.92. The van der Waals surface area contributed by atoms with Gasteiger partial charge in [-0.3, -0.25) is 9.59 Å². The lowest BCUT2D eigenvalue weighted by Gasteiger charge is -2.30. The van der Waals surface area contributed by atoms with Crippen LogP contribution in [0.25, 0.3) is 10.2 Å². The van der Waals surface area contributed by atoms with Crippen LogP contribution < -0.4 is 10.1 Å². The zero-order valence-corrected chi connectivity index (χ0v) is 20.4. The molecule has 174 valence electrons. The van der Waals surface area contributed by atoms with Gasteiger partial charge in [0.1, 0.15) is 0 Å². The minimum atomic E-state index is -3.57. The second-order valence-corrected chi connectivity index (χ2v) is 11.3. The van der Waals surface area contributed by atoms with Crippen molar-refractivity contribution in [1.82, 2.24) is 8.87 Å². The smallest absolute Gasteiger partial charge is 0.279 e. The molecule has 1 fully saturated rings.